The van der Waals surface area contributed by atoms with Gasteiger partial charge in [-0.2, -0.15) is 0 Å². The second kappa shape index (κ2) is 7.07. The maximum atomic E-state index is 12.0. The molecule has 0 saturated carbocycles. The van der Waals surface area contributed by atoms with Gasteiger partial charge >= 0.3 is 0 Å². The third-order valence-corrected chi connectivity index (χ3v) is 2.90. The highest BCUT2D eigenvalue weighted by Crippen LogP contribution is 2.11. The zero-order valence-electron chi connectivity index (χ0n) is 10.7. The molecule has 0 radical (unpaired) electrons. The summed E-state index contributed by atoms with van der Waals surface area (Å²) in [5.41, 5.74) is 6.61. The maximum absolute atomic E-state index is 12.0. The highest BCUT2D eigenvalue weighted by atomic mass is 16.2. The molecule has 0 saturated heterocycles. The molecular formula is C14H22N2O. The van der Waals surface area contributed by atoms with Crippen LogP contribution in [0.15, 0.2) is 30.3 Å². The lowest BCUT2D eigenvalue weighted by atomic mass is 10.0. The lowest BCUT2D eigenvalue weighted by molar-refractivity contribution is -0.134. The predicted octanol–water partition coefficient (Wildman–Crippen LogP) is 2.02. The van der Waals surface area contributed by atoms with Crippen molar-refractivity contribution in [2.24, 2.45) is 11.7 Å². The quantitative estimate of drug-likeness (QED) is 0.818. The molecule has 0 aromatic heterocycles. The van der Waals surface area contributed by atoms with E-state index in [0.29, 0.717) is 13.1 Å². The van der Waals surface area contributed by atoms with Crippen molar-refractivity contribution in [1.29, 1.82) is 0 Å². The fourth-order valence-corrected chi connectivity index (χ4v) is 1.86. The van der Waals surface area contributed by atoms with Gasteiger partial charge in [0.25, 0.3) is 0 Å². The number of nitrogens with two attached hydrogens (primary N) is 1. The molecular weight excluding hydrogens is 212 g/mol. The summed E-state index contributed by atoms with van der Waals surface area (Å²) in [4.78, 5) is 13.8. The first-order chi connectivity index (χ1) is 8.15. The molecule has 3 nitrogen and oxygen atoms in total. The normalized spacial score (nSPS) is 12.2. The minimum Gasteiger partial charge on any atom is -0.341 e. The molecule has 1 aromatic rings. The van der Waals surface area contributed by atoms with E-state index < -0.39 is 0 Å². The molecule has 0 spiro atoms. The Morgan fingerprint density at radius 1 is 1.35 bits per heavy atom. The van der Waals surface area contributed by atoms with Gasteiger partial charge in [-0.1, -0.05) is 37.3 Å². The van der Waals surface area contributed by atoms with Crippen LogP contribution >= 0.6 is 0 Å². The zero-order chi connectivity index (χ0) is 12.7. The molecule has 0 heterocycles. The number of carbonyl (C=O) groups is 1. The van der Waals surface area contributed by atoms with Gasteiger partial charge < -0.3 is 10.6 Å². The van der Waals surface area contributed by atoms with Crippen molar-refractivity contribution in [3.8, 4) is 0 Å². The van der Waals surface area contributed by atoms with Crippen molar-refractivity contribution in [1.82, 2.24) is 4.90 Å². The lowest BCUT2D eigenvalue weighted by Gasteiger charge is -2.21. The number of hydrogen-bond acceptors (Lipinski definition) is 2. The summed E-state index contributed by atoms with van der Waals surface area (Å²) in [6.07, 6.45) is 1.78. The number of rotatable bonds is 6. The Bertz CT molecular complexity index is 337. The van der Waals surface area contributed by atoms with Gasteiger partial charge in [0, 0.05) is 19.5 Å². The third kappa shape index (κ3) is 4.57. The van der Waals surface area contributed by atoms with Gasteiger partial charge in [-0.25, -0.2) is 0 Å². The molecule has 0 aliphatic carbocycles. The fourth-order valence-electron chi connectivity index (χ4n) is 1.86. The summed E-state index contributed by atoms with van der Waals surface area (Å²) in [6, 6.07) is 10.0. The van der Waals surface area contributed by atoms with E-state index in [4.69, 9.17) is 5.73 Å². The molecule has 1 atom stereocenters. The van der Waals surface area contributed by atoms with Crippen LogP contribution in [0.2, 0.25) is 0 Å². The topological polar surface area (TPSA) is 46.3 Å². The van der Waals surface area contributed by atoms with Crippen LogP contribution in [-0.4, -0.2) is 24.4 Å². The van der Waals surface area contributed by atoms with E-state index in [1.807, 2.05) is 44.3 Å². The average Bonchev–Trinajstić information content (AvgIpc) is 2.36. The number of carbonyl (C=O) groups excluding carboxylic acids is 1. The van der Waals surface area contributed by atoms with Crippen LogP contribution < -0.4 is 5.73 Å². The molecule has 17 heavy (non-hydrogen) atoms. The summed E-state index contributed by atoms with van der Waals surface area (Å²) in [5, 5.41) is 0. The molecule has 1 amide bonds. The smallest absolute Gasteiger partial charge is 0.225 e. The van der Waals surface area contributed by atoms with Crippen molar-refractivity contribution >= 4 is 5.91 Å². The highest BCUT2D eigenvalue weighted by Gasteiger charge is 2.16. The van der Waals surface area contributed by atoms with Crippen molar-refractivity contribution in [3.05, 3.63) is 35.9 Å². The van der Waals surface area contributed by atoms with Crippen LogP contribution in [0.5, 0.6) is 0 Å². The Hall–Kier alpha value is -1.35. The van der Waals surface area contributed by atoms with Gasteiger partial charge in [-0.15, -0.1) is 0 Å². The van der Waals surface area contributed by atoms with Gasteiger partial charge in [0.2, 0.25) is 5.91 Å². The number of nitrogens with zero attached hydrogens (tertiary/aromatic N) is 1. The highest BCUT2D eigenvalue weighted by molar-refractivity contribution is 5.78. The number of benzene rings is 1. The second-order valence-corrected chi connectivity index (χ2v) is 4.51. The molecule has 0 fully saturated rings. The van der Waals surface area contributed by atoms with Crippen molar-refractivity contribution in [2.45, 2.75) is 26.3 Å². The SMILES string of the molecule is CC(CCCN)C(=O)N(C)Cc1ccccc1. The molecule has 94 valence electrons. The number of amides is 1. The Morgan fingerprint density at radius 2 is 2.00 bits per heavy atom. The summed E-state index contributed by atoms with van der Waals surface area (Å²) >= 11 is 0. The summed E-state index contributed by atoms with van der Waals surface area (Å²) in [5.74, 6) is 0.259. The number of hydrogen-bond donors (Lipinski definition) is 1. The fraction of sp³-hybridized carbons (Fsp3) is 0.500. The van der Waals surface area contributed by atoms with Crippen LogP contribution in [0.4, 0.5) is 0 Å². The summed E-state index contributed by atoms with van der Waals surface area (Å²) < 4.78 is 0. The third-order valence-electron chi connectivity index (χ3n) is 2.90. The minimum atomic E-state index is 0.0623. The van der Waals surface area contributed by atoms with Gasteiger partial charge in [0.15, 0.2) is 0 Å². The molecule has 3 heteroatoms. The van der Waals surface area contributed by atoms with E-state index >= 15 is 0 Å². The molecule has 1 aromatic carbocycles. The minimum absolute atomic E-state index is 0.0623. The molecule has 1 rings (SSSR count). The van der Waals surface area contributed by atoms with E-state index in [1.54, 1.807) is 4.90 Å². The van der Waals surface area contributed by atoms with E-state index in [2.05, 4.69) is 0 Å². The molecule has 0 aliphatic heterocycles. The van der Waals surface area contributed by atoms with Crippen LogP contribution in [0.3, 0.4) is 0 Å². The zero-order valence-corrected chi connectivity index (χ0v) is 10.7. The first-order valence-electron chi connectivity index (χ1n) is 6.14. The van der Waals surface area contributed by atoms with E-state index in [1.165, 1.54) is 0 Å². The van der Waals surface area contributed by atoms with Crippen LogP contribution in [0, 0.1) is 5.92 Å². The van der Waals surface area contributed by atoms with Crippen molar-refractivity contribution in [2.75, 3.05) is 13.6 Å². The molecule has 1 unspecified atom stereocenters. The average molecular weight is 234 g/mol. The van der Waals surface area contributed by atoms with Crippen LogP contribution in [0.1, 0.15) is 25.3 Å². The Morgan fingerprint density at radius 3 is 2.59 bits per heavy atom. The van der Waals surface area contributed by atoms with Gasteiger partial charge in [-0.3, -0.25) is 4.79 Å². The van der Waals surface area contributed by atoms with Crippen molar-refractivity contribution in [3.63, 3.8) is 0 Å². The molecule has 0 aliphatic rings. The predicted molar refractivity (Wildman–Crippen MR) is 70.4 cm³/mol. The maximum Gasteiger partial charge on any atom is 0.225 e. The Labute approximate surface area is 104 Å². The standard InChI is InChI=1S/C14H22N2O/c1-12(7-6-10-15)14(17)16(2)11-13-8-4-3-5-9-13/h3-5,8-9,12H,6-7,10-11,15H2,1-2H3. The Balaban J connectivity index is 2.47. The summed E-state index contributed by atoms with van der Waals surface area (Å²) in [7, 11) is 1.86. The molecule has 0 bridgehead atoms. The van der Waals surface area contributed by atoms with Crippen LogP contribution in [0.25, 0.3) is 0 Å². The summed E-state index contributed by atoms with van der Waals surface area (Å²) in [6.45, 7) is 3.30. The van der Waals surface area contributed by atoms with Crippen LogP contribution in [-0.2, 0) is 11.3 Å². The first-order valence-corrected chi connectivity index (χ1v) is 6.14. The van der Waals surface area contributed by atoms with Gasteiger partial charge in [0.05, 0.1) is 0 Å². The lowest BCUT2D eigenvalue weighted by Crippen LogP contribution is -2.31. The van der Waals surface area contributed by atoms with E-state index in [9.17, 15) is 4.79 Å². The first kappa shape index (κ1) is 13.7. The monoisotopic (exact) mass is 234 g/mol. The Kier molecular flexibility index (Phi) is 5.70. The largest absolute Gasteiger partial charge is 0.341 e. The van der Waals surface area contributed by atoms with Crippen molar-refractivity contribution < 1.29 is 4.79 Å². The van der Waals surface area contributed by atoms with E-state index in [0.717, 1.165) is 18.4 Å². The van der Waals surface area contributed by atoms with Gasteiger partial charge in [-0.05, 0) is 24.9 Å². The molecule has 2 N–H and O–H groups in total. The second-order valence-electron chi connectivity index (χ2n) is 4.51. The van der Waals surface area contributed by atoms with Gasteiger partial charge in [0.1, 0.15) is 0 Å². The van der Waals surface area contributed by atoms with E-state index in [-0.39, 0.29) is 11.8 Å².